The van der Waals surface area contributed by atoms with Crippen LogP contribution < -0.4 is 0 Å². The molecule has 0 aliphatic carbocycles. The number of fused-ring (bicyclic) bond motifs is 1. The largest absolute Gasteiger partial charge is 0.144 e. The lowest BCUT2D eigenvalue weighted by molar-refractivity contribution is 1.45. The van der Waals surface area contributed by atoms with Crippen LogP contribution in [0.3, 0.4) is 0 Å². The SMILES string of the molecule is C1CSC2SC(=C3SC4=C(SCCS4)S3)S[C]2S1. The van der Waals surface area contributed by atoms with E-state index in [4.69, 9.17) is 0 Å². The first-order valence-corrected chi connectivity index (χ1v) is 12.8. The van der Waals surface area contributed by atoms with E-state index < -0.39 is 0 Å². The molecule has 0 aromatic carbocycles. The van der Waals surface area contributed by atoms with Gasteiger partial charge >= 0.3 is 0 Å². The summed E-state index contributed by atoms with van der Waals surface area (Å²) in [6, 6.07) is 0. The van der Waals surface area contributed by atoms with E-state index in [1.807, 2.05) is 23.5 Å². The van der Waals surface area contributed by atoms with Crippen LogP contribution in [0.1, 0.15) is 0 Å². The summed E-state index contributed by atoms with van der Waals surface area (Å²) in [6.07, 6.45) is 0. The summed E-state index contributed by atoms with van der Waals surface area (Å²) < 4.78 is 8.63. The predicted octanol–water partition coefficient (Wildman–Crippen LogP) is 5.98. The molecule has 2 saturated heterocycles. The van der Waals surface area contributed by atoms with Gasteiger partial charge in [0.05, 0.1) is 21.5 Å². The van der Waals surface area contributed by atoms with Gasteiger partial charge in [-0.2, -0.15) is 0 Å². The van der Waals surface area contributed by atoms with Gasteiger partial charge in [-0.1, -0.05) is 35.3 Å². The van der Waals surface area contributed by atoms with Gasteiger partial charge in [0.25, 0.3) is 0 Å². The van der Waals surface area contributed by atoms with Gasteiger partial charge in [0.2, 0.25) is 0 Å². The smallest absolute Gasteiger partial charge is 0.114 e. The van der Waals surface area contributed by atoms with Crippen LogP contribution in [0.25, 0.3) is 0 Å². The Morgan fingerprint density at radius 2 is 1.39 bits per heavy atom. The fourth-order valence-electron chi connectivity index (χ4n) is 1.70. The Balaban J connectivity index is 1.52. The molecule has 4 aliphatic heterocycles. The Kier molecular flexibility index (Phi) is 4.78. The number of thioether (sulfide) groups is 8. The molecule has 0 spiro atoms. The van der Waals surface area contributed by atoms with Gasteiger partial charge in [0, 0.05) is 23.0 Å². The van der Waals surface area contributed by atoms with Gasteiger partial charge in [-0.05, 0) is 0 Å². The average molecular weight is 386 g/mol. The van der Waals surface area contributed by atoms with Crippen molar-refractivity contribution < 1.29 is 0 Å². The molecule has 97 valence electrons. The van der Waals surface area contributed by atoms with Crippen molar-refractivity contribution in [3.8, 4) is 0 Å². The molecular weight excluding hydrogens is 377 g/mol. The Morgan fingerprint density at radius 1 is 0.667 bits per heavy atom. The number of rotatable bonds is 0. The van der Waals surface area contributed by atoms with Gasteiger partial charge in [-0.3, -0.25) is 0 Å². The highest BCUT2D eigenvalue weighted by Gasteiger charge is 2.39. The quantitative estimate of drug-likeness (QED) is 0.493. The van der Waals surface area contributed by atoms with Crippen LogP contribution in [0.5, 0.6) is 0 Å². The third kappa shape index (κ3) is 2.78. The molecule has 0 aromatic rings. The summed E-state index contributed by atoms with van der Waals surface area (Å²) in [6.45, 7) is 0. The minimum Gasteiger partial charge on any atom is -0.144 e. The molecule has 1 unspecified atom stereocenters. The highest BCUT2D eigenvalue weighted by molar-refractivity contribution is 8.44. The van der Waals surface area contributed by atoms with Crippen molar-refractivity contribution in [1.82, 2.24) is 0 Å². The Bertz CT molecular complexity index is 392. The fraction of sp³-hybridized carbons (Fsp3) is 0.500. The van der Waals surface area contributed by atoms with E-state index in [0.29, 0.717) is 0 Å². The van der Waals surface area contributed by atoms with Crippen LogP contribution >= 0.6 is 94.1 Å². The zero-order valence-corrected chi connectivity index (χ0v) is 15.7. The van der Waals surface area contributed by atoms with Gasteiger partial charge < -0.3 is 0 Å². The molecule has 8 heteroatoms. The van der Waals surface area contributed by atoms with E-state index in [2.05, 4.69) is 70.6 Å². The lowest BCUT2D eigenvalue weighted by Crippen LogP contribution is -2.07. The Labute approximate surface area is 142 Å². The van der Waals surface area contributed by atoms with Crippen LogP contribution in [0.2, 0.25) is 0 Å². The molecule has 4 rings (SSSR count). The normalized spacial score (nSPS) is 33.0. The molecule has 0 amide bonds. The van der Waals surface area contributed by atoms with Crippen LogP contribution in [-0.4, -0.2) is 27.6 Å². The molecule has 4 aliphatic rings. The molecule has 0 aromatic heterocycles. The maximum Gasteiger partial charge on any atom is 0.114 e. The highest BCUT2D eigenvalue weighted by Crippen LogP contribution is 2.68. The molecule has 1 radical (unpaired) electrons. The van der Waals surface area contributed by atoms with E-state index in [-0.39, 0.29) is 0 Å². The fourth-order valence-corrected chi connectivity index (χ4v) is 14.6. The second-order valence-electron chi connectivity index (χ2n) is 3.64. The van der Waals surface area contributed by atoms with Crippen molar-refractivity contribution in [2.75, 3.05) is 23.0 Å². The highest BCUT2D eigenvalue weighted by atomic mass is 32.3. The van der Waals surface area contributed by atoms with Crippen molar-refractivity contribution in [1.29, 1.82) is 0 Å². The second kappa shape index (κ2) is 6.18. The molecular formula is C10H9S8. The first kappa shape index (κ1) is 13.9. The monoisotopic (exact) mass is 385 g/mol. The summed E-state index contributed by atoms with van der Waals surface area (Å²) in [5.74, 6) is 5.18. The minimum atomic E-state index is 0.718. The van der Waals surface area contributed by atoms with Crippen molar-refractivity contribution >= 4 is 94.1 Å². The third-order valence-corrected chi connectivity index (χ3v) is 15.1. The summed E-state index contributed by atoms with van der Waals surface area (Å²) in [7, 11) is 0. The molecule has 0 N–H and O–H groups in total. The Hall–Kier alpha value is 2.28. The zero-order valence-electron chi connectivity index (χ0n) is 9.17. The van der Waals surface area contributed by atoms with Crippen molar-refractivity contribution in [3.63, 3.8) is 0 Å². The van der Waals surface area contributed by atoms with Crippen LogP contribution in [-0.2, 0) is 0 Å². The second-order valence-corrected chi connectivity index (χ2v) is 14.0. The lowest BCUT2D eigenvalue weighted by Gasteiger charge is -2.20. The third-order valence-electron chi connectivity index (χ3n) is 2.45. The van der Waals surface area contributed by atoms with E-state index in [0.717, 1.165) is 4.58 Å². The number of hydrogen-bond donors (Lipinski definition) is 0. The first-order chi connectivity index (χ1) is 8.90. The van der Waals surface area contributed by atoms with E-state index in [1.54, 1.807) is 21.5 Å². The van der Waals surface area contributed by atoms with Gasteiger partial charge in [-0.25, -0.2) is 0 Å². The summed E-state index contributed by atoms with van der Waals surface area (Å²) in [4.78, 5) is 0. The van der Waals surface area contributed by atoms with Crippen LogP contribution in [0.15, 0.2) is 16.9 Å². The number of hydrogen-bond acceptors (Lipinski definition) is 8. The lowest BCUT2D eigenvalue weighted by atomic mass is 10.9. The molecule has 0 saturated carbocycles. The molecule has 0 nitrogen and oxygen atoms in total. The van der Waals surface area contributed by atoms with Gasteiger partial charge in [0.15, 0.2) is 0 Å². The summed E-state index contributed by atoms with van der Waals surface area (Å²) in [5.41, 5.74) is 0. The first-order valence-electron chi connectivity index (χ1n) is 5.46. The van der Waals surface area contributed by atoms with Crippen molar-refractivity contribution in [2.45, 2.75) is 4.58 Å². The van der Waals surface area contributed by atoms with Crippen molar-refractivity contribution in [3.05, 3.63) is 21.5 Å². The predicted molar refractivity (Wildman–Crippen MR) is 101 cm³/mol. The van der Waals surface area contributed by atoms with Crippen LogP contribution in [0.4, 0.5) is 0 Å². The maximum atomic E-state index is 2.13. The maximum absolute atomic E-state index is 2.13. The standard InChI is InChI=1S/C10H9S8/c1-2-12-6-5(11-1)15-9(16-6)10-17-7-8(18-10)14-4-3-13-7/h5H,1-4H2. The molecule has 18 heavy (non-hydrogen) atoms. The molecule has 2 fully saturated rings. The molecule has 1 atom stereocenters. The van der Waals surface area contributed by atoms with E-state index >= 15 is 0 Å². The summed E-state index contributed by atoms with van der Waals surface area (Å²) in [5, 5.41) is 0. The van der Waals surface area contributed by atoms with Crippen LogP contribution in [0, 0.1) is 4.58 Å². The van der Waals surface area contributed by atoms with Crippen molar-refractivity contribution in [2.24, 2.45) is 0 Å². The Morgan fingerprint density at radius 3 is 2.11 bits per heavy atom. The van der Waals surface area contributed by atoms with E-state index in [1.165, 1.54) is 23.0 Å². The molecule has 4 heterocycles. The average Bonchev–Trinajstić information content (AvgIpc) is 3.02. The topological polar surface area (TPSA) is 0 Å². The summed E-state index contributed by atoms with van der Waals surface area (Å²) >= 11 is 16.5. The van der Waals surface area contributed by atoms with Gasteiger partial charge in [-0.15, -0.1) is 58.8 Å². The van der Waals surface area contributed by atoms with Gasteiger partial charge in [0.1, 0.15) is 4.58 Å². The zero-order chi connectivity index (χ0) is 11.9. The van der Waals surface area contributed by atoms with E-state index in [9.17, 15) is 0 Å². The minimum absolute atomic E-state index is 0.718. The molecule has 0 bridgehead atoms.